The van der Waals surface area contributed by atoms with Crippen molar-refractivity contribution in [2.75, 3.05) is 13.1 Å². The van der Waals surface area contributed by atoms with Gasteiger partial charge < -0.3 is 9.52 Å². The molecule has 22 heavy (non-hydrogen) atoms. The van der Waals surface area contributed by atoms with E-state index in [-0.39, 0.29) is 17.0 Å². The molecule has 0 bridgehead atoms. The zero-order valence-corrected chi connectivity index (χ0v) is 12.6. The predicted octanol–water partition coefficient (Wildman–Crippen LogP) is 0.547. The Morgan fingerprint density at radius 2 is 2.18 bits per heavy atom. The first-order valence-electron chi connectivity index (χ1n) is 7.90. The molecular formula is C17H19NO4. The largest absolute Gasteiger partial charge is 0.478 e. The molecule has 0 saturated carbocycles. The minimum absolute atomic E-state index is 0.0727. The third-order valence-corrected chi connectivity index (χ3v) is 5.66. The zero-order chi connectivity index (χ0) is 15.5. The lowest BCUT2D eigenvalue weighted by Gasteiger charge is -2.54. The van der Waals surface area contributed by atoms with E-state index < -0.39 is 11.6 Å². The number of hydrogen-bond acceptors (Lipinski definition) is 4. The highest BCUT2D eigenvalue weighted by atomic mass is 16.4. The van der Waals surface area contributed by atoms with Crippen LogP contribution >= 0.6 is 0 Å². The normalized spacial score (nSPS) is 30.2. The molecule has 116 valence electrons. The highest BCUT2D eigenvalue weighted by Crippen LogP contribution is 2.45. The van der Waals surface area contributed by atoms with Gasteiger partial charge in [-0.15, -0.1) is 0 Å². The van der Waals surface area contributed by atoms with Gasteiger partial charge in [-0.05, 0) is 51.3 Å². The van der Waals surface area contributed by atoms with Crippen molar-refractivity contribution in [1.29, 1.82) is 0 Å². The van der Waals surface area contributed by atoms with Gasteiger partial charge in [-0.2, -0.15) is 0 Å². The fourth-order valence-electron chi connectivity index (χ4n) is 4.57. The van der Waals surface area contributed by atoms with Crippen molar-refractivity contribution in [3.63, 3.8) is 0 Å². The second-order valence-electron chi connectivity index (χ2n) is 6.66. The van der Waals surface area contributed by atoms with Gasteiger partial charge in [0.2, 0.25) is 0 Å². The van der Waals surface area contributed by atoms with Gasteiger partial charge in [-0.25, -0.2) is 9.59 Å². The summed E-state index contributed by atoms with van der Waals surface area (Å²) in [6, 6.07) is 1.10. The second-order valence-corrected chi connectivity index (χ2v) is 6.66. The molecule has 3 aliphatic rings. The summed E-state index contributed by atoms with van der Waals surface area (Å²) in [5, 5.41) is 10.0. The van der Waals surface area contributed by atoms with Gasteiger partial charge in [0.25, 0.3) is 0 Å². The molecule has 5 heteroatoms. The number of carboxylic acid groups (broad SMARTS) is 1. The van der Waals surface area contributed by atoms with Gasteiger partial charge in [0.1, 0.15) is 5.42 Å². The fraction of sp³-hybridized carbons (Fsp3) is 0.529. The number of nitrogens with zero attached hydrogens (tertiary/aromatic N) is 1. The maximum absolute atomic E-state index is 11.8. The van der Waals surface area contributed by atoms with Crippen LogP contribution in [-0.2, 0) is 0 Å². The molecule has 1 N–H and O–H groups in total. The number of aromatic carboxylic acids is 1. The first kappa shape index (κ1) is 13.8. The molecule has 2 fully saturated rings. The molecule has 5 nitrogen and oxygen atoms in total. The van der Waals surface area contributed by atoms with E-state index in [9.17, 15) is 14.7 Å². The standard InChI is InChI=1S/C17H19NO4/c1-17-10-4-2-6-18(17)7-3-5-13(17)15-11(8-10)12(16(20)21)9-14(19)22-15/h8-10H,2-7H2,1H3,(H,20,21). The summed E-state index contributed by atoms with van der Waals surface area (Å²) >= 11 is 0. The molecule has 1 aliphatic carbocycles. The molecule has 0 radical (unpaired) electrons. The molecule has 2 saturated heterocycles. The van der Waals surface area contributed by atoms with Crippen LogP contribution in [0, 0.1) is 5.92 Å². The molecule has 2 unspecified atom stereocenters. The van der Waals surface area contributed by atoms with E-state index in [1.807, 2.05) is 6.08 Å². The van der Waals surface area contributed by atoms with E-state index in [0.29, 0.717) is 10.6 Å². The van der Waals surface area contributed by atoms with E-state index in [0.717, 1.165) is 50.4 Å². The average Bonchev–Trinajstić information content (AvgIpc) is 2.47. The Morgan fingerprint density at radius 1 is 1.41 bits per heavy atom. The van der Waals surface area contributed by atoms with Gasteiger partial charge in [-0.1, -0.05) is 6.08 Å². The maximum atomic E-state index is 11.8. The molecular weight excluding hydrogens is 282 g/mol. The van der Waals surface area contributed by atoms with E-state index in [1.165, 1.54) is 0 Å². The van der Waals surface area contributed by atoms with Crippen LogP contribution in [0.25, 0.3) is 11.6 Å². The van der Waals surface area contributed by atoms with E-state index >= 15 is 0 Å². The SMILES string of the molecule is CC12C3=c4oc(=O)cc(C(=O)O)c4=CC1CCCN2CCC3. The third kappa shape index (κ3) is 1.69. The first-order valence-corrected chi connectivity index (χ1v) is 7.90. The van der Waals surface area contributed by atoms with Gasteiger partial charge in [0, 0.05) is 22.7 Å². The molecule has 0 amide bonds. The van der Waals surface area contributed by atoms with E-state index in [1.54, 1.807) is 0 Å². The van der Waals surface area contributed by atoms with E-state index in [2.05, 4.69) is 11.8 Å². The maximum Gasteiger partial charge on any atom is 0.337 e. The predicted molar refractivity (Wildman–Crippen MR) is 81.0 cm³/mol. The average molecular weight is 301 g/mol. The number of hydrogen-bond donors (Lipinski definition) is 1. The second kappa shape index (κ2) is 4.56. The van der Waals surface area contributed by atoms with Crippen LogP contribution < -0.4 is 16.3 Å². The quantitative estimate of drug-likeness (QED) is 0.820. The van der Waals surface area contributed by atoms with Crippen molar-refractivity contribution < 1.29 is 14.3 Å². The molecule has 2 aliphatic heterocycles. The minimum Gasteiger partial charge on any atom is -0.478 e. The number of carboxylic acids is 1. The lowest BCUT2D eigenvalue weighted by Crippen LogP contribution is -2.62. The van der Waals surface area contributed by atoms with Crippen LogP contribution in [-0.4, -0.2) is 34.6 Å². The fourth-order valence-corrected chi connectivity index (χ4v) is 4.57. The lowest BCUT2D eigenvalue weighted by atomic mass is 9.67. The Labute approximate surface area is 127 Å². The first-order chi connectivity index (χ1) is 10.5. The summed E-state index contributed by atoms with van der Waals surface area (Å²) in [6.07, 6.45) is 6.10. The van der Waals surface area contributed by atoms with Gasteiger partial charge in [-0.3, -0.25) is 4.90 Å². The van der Waals surface area contributed by atoms with Gasteiger partial charge in [0.05, 0.1) is 5.56 Å². The molecule has 1 aromatic rings. The molecule has 3 heterocycles. The van der Waals surface area contributed by atoms with Crippen LogP contribution in [0.1, 0.15) is 43.0 Å². The van der Waals surface area contributed by atoms with Gasteiger partial charge >= 0.3 is 11.6 Å². The van der Waals surface area contributed by atoms with Crippen LogP contribution in [0.4, 0.5) is 0 Å². The van der Waals surface area contributed by atoms with Crippen molar-refractivity contribution in [3.8, 4) is 0 Å². The molecule has 2 atom stereocenters. The summed E-state index contributed by atoms with van der Waals surface area (Å²) < 4.78 is 5.48. The van der Waals surface area contributed by atoms with Crippen LogP contribution in [0.2, 0.25) is 0 Å². The summed E-state index contributed by atoms with van der Waals surface area (Å²) in [5.74, 6) is -0.775. The Bertz CT molecular complexity index is 835. The third-order valence-electron chi connectivity index (χ3n) is 5.66. The molecule has 0 aromatic carbocycles. The van der Waals surface area contributed by atoms with Crippen molar-refractivity contribution in [3.05, 3.63) is 32.7 Å². The van der Waals surface area contributed by atoms with Crippen molar-refractivity contribution in [2.24, 2.45) is 5.92 Å². The summed E-state index contributed by atoms with van der Waals surface area (Å²) in [4.78, 5) is 25.8. The Kier molecular flexibility index (Phi) is 2.85. The number of fused-ring (bicyclic) bond motifs is 1. The Morgan fingerprint density at radius 3 is 2.95 bits per heavy atom. The smallest absolute Gasteiger partial charge is 0.337 e. The Hall–Kier alpha value is -1.88. The molecule has 0 spiro atoms. The zero-order valence-electron chi connectivity index (χ0n) is 12.6. The molecule has 1 aromatic heterocycles. The van der Waals surface area contributed by atoms with Crippen molar-refractivity contribution in [2.45, 2.75) is 38.1 Å². The van der Waals surface area contributed by atoms with Crippen molar-refractivity contribution >= 4 is 17.6 Å². The van der Waals surface area contributed by atoms with E-state index in [4.69, 9.17) is 4.42 Å². The summed E-state index contributed by atoms with van der Waals surface area (Å²) in [6.45, 7) is 4.34. The summed E-state index contributed by atoms with van der Waals surface area (Å²) in [7, 11) is 0. The van der Waals surface area contributed by atoms with Crippen molar-refractivity contribution in [1.82, 2.24) is 4.90 Å². The van der Waals surface area contributed by atoms with Gasteiger partial charge in [0.15, 0.2) is 0 Å². The number of carbonyl (C=O) groups is 1. The lowest BCUT2D eigenvalue weighted by molar-refractivity contribution is 0.0584. The number of piperidine rings is 2. The Balaban J connectivity index is 2.13. The minimum atomic E-state index is -1.06. The number of rotatable bonds is 1. The highest BCUT2D eigenvalue weighted by molar-refractivity contribution is 5.88. The van der Waals surface area contributed by atoms with Crippen LogP contribution in [0.15, 0.2) is 15.3 Å². The highest BCUT2D eigenvalue weighted by Gasteiger charge is 2.48. The van der Waals surface area contributed by atoms with Crippen LogP contribution in [0.3, 0.4) is 0 Å². The molecule has 4 rings (SSSR count). The monoisotopic (exact) mass is 301 g/mol. The van der Waals surface area contributed by atoms with Crippen LogP contribution in [0.5, 0.6) is 0 Å². The topological polar surface area (TPSA) is 70.8 Å². The summed E-state index contributed by atoms with van der Waals surface area (Å²) in [5.41, 5.74) is 0.989.